The lowest BCUT2D eigenvalue weighted by molar-refractivity contribution is -0.117. The number of halogens is 1. The Kier molecular flexibility index (Phi) is 5.89. The van der Waals surface area contributed by atoms with Gasteiger partial charge in [-0.15, -0.1) is 0 Å². The first-order chi connectivity index (χ1) is 9.69. The van der Waals surface area contributed by atoms with Crippen molar-refractivity contribution in [3.63, 3.8) is 0 Å². The monoisotopic (exact) mass is 339 g/mol. The quantitative estimate of drug-likeness (QED) is 0.803. The first-order valence-electron chi connectivity index (χ1n) is 7.32. The van der Waals surface area contributed by atoms with E-state index in [-0.39, 0.29) is 5.91 Å². The summed E-state index contributed by atoms with van der Waals surface area (Å²) in [5, 5.41) is 2.98. The molecule has 3 nitrogen and oxygen atoms in total. The predicted octanol–water partition coefficient (Wildman–Crippen LogP) is 4.76. The van der Waals surface area contributed by atoms with Crippen molar-refractivity contribution in [3.05, 3.63) is 22.7 Å². The van der Waals surface area contributed by atoms with Gasteiger partial charge in [-0.2, -0.15) is 0 Å². The summed E-state index contributed by atoms with van der Waals surface area (Å²) in [4.78, 5) is 12.2. The lowest BCUT2D eigenvalue weighted by Gasteiger charge is -2.15. The van der Waals surface area contributed by atoms with E-state index in [0.717, 1.165) is 10.2 Å². The molecule has 4 heteroatoms. The first-order valence-corrected chi connectivity index (χ1v) is 8.11. The Balaban J connectivity index is 1.95. The summed E-state index contributed by atoms with van der Waals surface area (Å²) in [6.45, 7) is 0. The zero-order valence-corrected chi connectivity index (χ0v) is 13.5. The summed E-state index contributed by atoms with van der Waals surface area (Å²) in [6, 6.07) is 5.63. The van der Waals surface area contributed by atoms with Crippen LogP contribution in [0.1, 0.15) is 44.9 Å². The standard InChI is InChI=1S/C16H22BrNO2/c1-20-15-9-8-13(17)11-14(15)18-16(19)10-12-6-4-2-3-5-7-12/h8-9,11-12H,2-7,10H2,1H3,(H,18,19). The number of carbonyl (C=O) groups excluding carboxylic acids is 1. The number of nitrogens with one attached hydrogen (secondary N) is 1. The number of anilines is 1. The van der Waals surface area contributed by atoms with Crippen LogP contribution in [0.25, 0.3) is 0 Å². The molecule has 1 aromatic carbocycles. The highest BCUT2D eigenvalue weighted by Crippen LogP contribution is 2.29. The van der Waals surface area contributed by atoms with Crippen molar-refractivity contribution in [2.75, 3.05) is 12.4 Å². The number of amides is 1. The molecule has 2 rings (SSSR count). The van der Waals surface area contributed by atoms with Gasteiger partial charge in [0, 0.05) is 10.9 Å². The van der Waals surface area contributed by atoms with Crippen LogP contribution in [0.4, 0.5) is 5.69 Å². The largest absolute Gasteiger partial charge is 0.495 e. The van der Waals surface area contributed by atoms with Crippen LogP contribution in [-0.2, 0) is 4.79 Å². The maximum Gasteiger partial charge on any atom is 0.224 e. The summed E-state index contributed by atoms with van der Waals surface area (Å²) in [5.41, 5.74) is 0.737. The molecular formula is C16H22BrNO2. The lowest BCUT2D eigenvalue weighted by atomic mass is 9.96. The molecule has 1 N–H and O–H groups in total. The second-order valence-electron chi connectivity index (χ2n) is 5.45. The molecule has 0 aliphatic heterocycles. The highest BCUT2D eigenvalue weighted by molar-refractivity contribution is 9.10. The zero-order valence-electron chi connectivity index (χ0n) is 12.0. The number of hydrogen-bond donors (Lipinski definition) is 1. The fraction of sp³-hybridized carbons (Fsp3) is 0.562. The van der Waals surface area contributed by atoms with E-state index in [9.17, 15) is 4.79 Å². The smallest absolute Gasteiger partial charge is 0.224 e. The lowest BCUT2D eigenvalue weighted by Crippen LogP contribution is -2.16. The SMILES string of the molecule is COc1ccc(Br)cc1NC(=O)CC1CCCCCC1. The van der Waals surface area contributed by atoms with Crippen molar-refractivity contribution in [1.29, 1.82) is 0 Å². The number of carbonyl (C=O) groups is 1. The molecule has 1 aromatic rings. The maximum atomic E-state index is 12.2. The fourth-order valence-corrected chi connectivity index (χ4v) is 3.17. The van der Waals surface area contributed by atoms with Crippen LogP contribution in [0, 0.1) is 5.92 Å². The molecule has 20 heavy (non-hydrogen) atoms. The van der Waals surface area contributed by atoms with E-state index in [1.165, 1.54) is 38.5 Å². The number of rotatable bonds is 4. The van der Waals surface area contributed by atoms with E-state index in [1.54, 1.807) is 7.11 Å². The summed E-state index contributed by atoms with van der Waals surface area (Å²) in [5.74, 6) is 1.33. The third kappa shape index (κ3) is 4.51. The molecule has 1 fully saturated rings. The highest BCUT2D eigenvalue weighted by atomic mass is 79.9. The minimum absolute atomic E-state index is 0.0910. The predicted molar refractivity (Wildman–Crippen MR) is 85.1 cm³/mol. The number of methoxy groups -OCH3 is 1. The number of hydrogen-bond acceptors (Lipinski definition) is 2. The van der Waals surface area contributed by atoms with Crippen molar-refractivity contribution in [1.82, 2.24) is 0 Å². The molecule has 0 radical (unpaired) electrons. The van der Waals surface area contributed by atoms with E-state index in [2.05, 4.69) is 21.2 Å². The van der Waals surface area contributed by atoms with Gasteiger partial charge in [-0.05, 0) is 37.0 Å². The number of benzene rings is 1. The molecule has 0 unspecified atom stereocenters. The van der Waals surface area contributed by atoms with E-state index >= 15 is 0 Å². The van der Waals surface area contributed by atoms with Crippen LogP contribution in [0.2, 0.25) is 0 Å². The minimum atomic E-state index is 0.0910. The van der Waals surface area contributed by atoms with Gasteiger partial charge in [0.2, 0.25) is 5.91 Å². The number of ether oxygens (including phenoxy) is 1. The van der Waals surface area contributed by atoms with E-state index in [4.69, 9.17) is 4.74 Å². The van der Waals surface area contributed by atoms with Gasteiger partial charge in [0.15, 0.2) is 0 Å². The van der Waals surface area contributed by atoms with Crippen LogP contribution < -0.4 is 10.1 Å². The average molecular weight is 340 g/mol. The molecule has 0 heterocycles. The average Bonchev–Trinajstić information content (AvgIpc) is 2.67. The van der Waals surface area contributed by atoms with Crippen LogP contribution in [-0.4, -0.2) is 13.0 Å². The summed E-state index contributed by atoms with van der Waals surface area (Å²) in [6.07, 6.45) is 8.15. The van der Waals surface area contributed by atoms with Gasteiger partial charge < -0.3 is 10.1 Å². The molecule has 1 amide bonds. The van der Waals surface area contributed by atoms with Crippen molar-refractivity contribution in [2.24, 2.45) is 5.92 Å². The molecule has 1 aliphatic carbocycles. The molecule has 0 atom stereocenters. The Bertz CT molecular complexity index is 454. The Morgan fingerprint density at radius 1 is 1.30 bits per heavy atom. The van der Waals surface area contributed by atoms with Crippen LogP contribution in [0.3, 0.4) is 0 Å². The second kappa shape index (κ2) is 7.67. The van der Waals surface area contributed by atoms with Crippen molar-refractivity contribution < 1.29 is 9.53 Å². The first kappa shape index (κ1) is 15.4. The van der Waals surface area contributed by atoms with Gasteiger partial charge in [-0.25, -0.2) is 0 Å². The van der Waals surface area contributed by atoms with Gasteiger partial charge in [-0.1, -0.05) is 41.6 Å². The van der Waals surface area contributed by atoms with E-state index < -0.39 is 0 Å². The van der Waals surface area contributed by atoms with Crippen LogP contribution >= 0.6 is 15.9 Å². The van der Waals surface area contributed by atoms with E-state index in [1.807, 2.05) is 18.2 Å². The molecule has 0 aromatic heterocycles. The Labute approximate surface area is 129 Å². The molecule has 1 aliphatic rings. The molecule has 110 valence electrons. The fourth-order valence-electron chi connectivity index (χ4n) is 2.81. The Morgan fingerprint density at radius 3 is 2.65 bits per heavy atom. The normalized spacial score (nSPS) is 16.5. The van der Waals surface area contributed by atoms with Gasteiger partial charge in [0.1, 0.15) is 5.75 Å². The van der Waals surface area contributed by atoms with Crippen molar-refractivity contribution >= 4 is 27.5 Å². The maximum absolute atomic E-state index is 12.2. The van der Waals surface area contributed by atoms with Gasteiger partial charge in [-0.3, -0.25) is 4.79 Å². The van der Waals surface area contributed by atoms with Gasteiger partial charge in [0.25, 0.3) is 0 Å². The Hall–Kier alpha value is -1.03. The molecule has 0 saturated heterocycles. The third-order valence-corrected chi connectivity index (χ3v) is 4.38. The van der Waals surface area contributed by atoms with Gasteiger partial charge in [0.05, 0.1) is 12.8 Å². The molecular weight excluding hydrogens is 318 g/mol. The van der Waals surface area contributed by atoms with Crippen LogP contribution in [0.15, 0.2) is 22.7 Å². The molecule has 1 saturated carbocycles. The highest BCUT2D eigenvalue weighted by Gasteiger charge is 2.17. The summed E-state index contributed by atoms with van der Waals surface area (Å²) >= 11 is 3.42. The second-order valence-corrected chi connectivity index (χ2v) is 6.37. The zero-order chi connectivity index (χ0) is 14.4. The molecule has 0 spiro atoms. The molecule has 0 bridgehead atoms. The summed E-state index contributed by atoms with van der Waals surface area (Å²) < 4.78 is 6.21. The van der Waals surface area contributed by atoms with E-state index in [0.29, 0.717) is 18.1 Å². The third-order valence-electron chi connectivity index (χ3n) is 3.88. The minimum Gasteiger partial charge on any atom is -0.495 e. The van der Waals surface area contributed by atoms with Gasteiger partial charge >= 0.3 is 0 Å². The van der Waals surface area contributed by atoms with Crippen molar-refractivity contribution in [3.8, 4) is 5.75 Å². The summed E-state index contributed by atoms with van der Waals surface area (Å²) in [7, 11) is 1.62. The van der Waals surface area contributed by atoms with Crippen molar-refractivity contribution in [2.45, 2.75) is 44.9 Å². The Morgan fingerprint density at radius 2 is 2.00 bits per heavy atom. The topological polar surface area (TPSA) is 38.3 Å². The van der Waals surface area contributed by atoms with Crippen LogP contribution in [0.5, 0.6) is 5.75 Å².